The molecule has 0 aliphatic heterocycles. The number of hydrogen-bond acceptors (Lipinski definition) is 5. The third-order valence-corrected chi connectivity index (χ3v) is 4.14. The van der Waals surface area contributed by atoms with E-state index in [0.717, 1.165) is 0 Å². The summed E-state index contributed by atoms with van der Waals surface area (Å²) in [5.74, 6) is -0.545. The summed E-state index contributed by atoms with van der Waals surface area (Å²) in [6.45, 7) is 0. The Morgan fingerprint density at radius 1 is 0.704 bits per heavy atom. The van der Waals surface area contributed by atoms with E-state index >= 15 is 0 Å². The van der Waals surface area contributed by atoms with E-state index in [1.807, 2.05) is 0 Å². The first-order chi connectivity index (χ1) is 12.7. The molecule has 3 aromatic rings. The molecule has 0 amide bonds. The fourth-order valence-electron chi connectivity index (χ4n) is 2.91. The van der Waals surface area contributed by atoms with E-state index in [-0.39, 0.29) is 79.8 Å². The van der Waals surface area contributed by atoms with Crippen molar-refractivity contribution in [1.82, 2.24) is 0 Å². The number of hydrogen-bond donors (Lipinski definition) is 0. The Balaban J connectivity index is 0.00000210. The fraction of sp³-hybridized carbons (Fsp3) is 0. The van der Waals surface area contributed by atoms with Crippen LogP contribution in [0.1, 0.15) is 31.8 Å². The topological polar surface area (TPSA) is 85.2 Å². The van der Waals surface area contributed by atoms with Gasteiger partial charge in [0.25, 0.3) is 0 Å². The predicted molar refractivity (Wildman–Crippen MR) is 96.6 cm³/mol. The molecule has 0 N–H and O–H groups in total. The molecule has 126 valence electrons. The first-order valence-electron chi connectivity index (χ1n) is 7.92. The molecule has 0 saturated carbocycles. The average molecular weight is 381 g/mol. The molecule has 1 aliphatic rings. The van der Waals surface area contributed by atoms with Crippen LogP contribution >= 0.6 is 0 Å². The summed E-state index contributed by atoms with van der Waals surface area (Å²) in [6.07, 6.45) is 0. The van der Waals surface area contributed by atoms with Gasteiger partial charge in [-0.3, -0.25) is 9.59 Å². The standard InChI is InChI=1S/C20H12N3O3.K/c24-19-14-9-4-5-10-15(14)20(25)18-16(19)11-6-12-17(18)21-22-23(26)13-7-2-1-3-8-13;/h1-12H;/q-1;+1. The van der Waals surface area contributed by atoms with Crippen molar-refractivity contribution in [2.75, 3.05) is 5.17 Å². The molecule has 7 heteroatoms. The van der Waals surface area contributed by atoms with Crippen molar-refractivity contribution >= 4 is 22.9 Å². The van der Waals surface area contributed by atoms with E-state index in [9.17, 15) is 14.8 Å². The molecule has 0 unspecified atom stereocenters. The van der Waals surface area contributed by atoms with Gasteiger partial charge in [0.1, 0.15) is 0 Å². The third-order valence-electron chi connectivity index (χ3n) is 4.14. The molecule has 0 heterocycles. The average Bonchev–Trinajstić information content (AvgIpc) is 2.70. The molecule has 0 aromatic heterocycles. The van der Waals surface area contributed by atoms with Crippen LogP contribution in [0, 0.1) is 5.21 Å². The second-order valence-electron chi connectivity index (χ2n) is 5.70. The van der Waals surface area contributed by atoms with E-state index < -0.39 is 0 Å². The summed E-state index contributed by atoms with van der Waals surface area (Å²) in [6, 6.07) is 19.8. The molecule has 27 heavy (non-hydrogen) atoms. The molecule has 0 atom stereocenters. The Kier molecular flexibility index (Phi) is 6.10. The first kappa shape index (κ1) is 19.7. The number of para-hydroxylation sites is 1. The van der Waals surface area contributed by atoms with Crippen LogP contribution in [-0.2, 0) is 0 Å². The molecule has 3 aromatic carbocycles. The van der Waals surface area contributed by atoms with Gasteiger partial charge in [-0.15, -0.1) is 5.11 Å². The van der Waals surface area contributed by atoms with Gasteiger partial charge in [-0.05, 0) is 18.2 Å². The van der Waals surface area contributed by atoms with Crippen molar-refractivity contribution in [1.29, 1.82) is 0 Å². The second-order valence-corrected chi connectivity index (χ2v) is 5.70. The number of fused-ring (bicyclic) bond motifs is 2. The Bertz CT molecular complexity index is 1050. The normalized spacial score (nSPS) is 12.3. The van der Waals surface area contributed by atoms with E-state index in [2.05, 4.69) is 10.3 Å². The van der Waals surface area contributed by atoms with Crippen molar-refractivity contribution in [2.24, 2.45) is 10.3 Å². The maximum Gasteiger partial charge on any atom is 1.00 e. The van der Waals surface area contributed by atoms with Crippen molar-refractivity contribution < 1.29 is 61.0 Å². The number of benzene rings is 3. The summed E-state index contributed by atoms with van der Waals surface area (Å²) in [5.41, 5.74) is 1.63. The second kappa shape index (κ2) is 8.34. The number of ketones is 2. The van der Waals surface area contributed by atoms with Crippen LogP contribution in [0.25, 0.3) is 0 Å². The molecular formula is C20H12KN3O3. The Morgan fingerprint density at radius 2 is 1.30 bits per heavy atom. The maximum absolute atomic E-state index is 12.8. The van der Waals surface area contributed by atoms with Crippen molar-refractivity contribution in [3.8, 4) is 0 Å². The number of carbonyl (C=O) groups excluding carboxylic acids is 2. The van der Waals surface area contributed by atoms with Gasteiger partial charge < -0.3 is 10.4 Å². The quantitative estimate of drug-likeness (QED) is 0.306. The van der Waals surface area contributed by atoms with Gasteiger partial charge >= 0.3 is 51.4 Å². The summed E-state index contributed by atoms with van der Waals surface area (Å²) in [5, 5.41) is 19.9. The fourth-order valence-corrected chi connectivity index (χ4v) is 2.91. The third kappa shape index (κ3) is 3.70. The molecule has 0 saturated heterocycles. The SMILES string of the molecule is O=C1c2ccccc2C(=O)c2c(N=NN([O-])c3ccccc3)cccc21.[K+]. The van der Waals surface area contributed by atoms with Gasteiger partial charge in [0.15, 0.2) is 11.6 Å². The van der Waals surface area contributed by atoms with E-state index in [4.69, 9.17) is 0 Å². The number of carbonyl (C=O) groups is 2. The summed E-state index contributed by atoms with van der Waals surface area (Å²) < 4.78 is 0. The zero-order valence-electron chi connectivity index (χ0n) is 14.5. The van der Waals surface area contributed by atoms with Gasteiger partial charge in [0.05, 0.1) is 11.3 Å². The smallest absolute Gasteiger partial charge is 0.736 e. The van der Waals surface area contributed by atoms with Crippen LogP contribution in [0.4, 0.5) is 11.4 Å². The van der Waals surface area contributed by atoms with Gasteiger partial charge in [-0.1, -0.05) is 59.8 Å². The molecule has 0 fully saturated rings. The Hall–Kier alpha value is -2.00. The summed E-state index contributed by atoms with van der Waals surface area (Å²) in [7, 11) is 0. The first-order valence-corrected chi connectivity index (χ1v) is 7.92. The molecule has 4 rings (SSSR count). The van der Waals surface area contributed by atoms with Gasteiger partial charge in [0, 0.05) is 22.4 Å². The van der Waals surface area contributed by atoms with Crippen LogP contribution in [0.3, 0.4) is 0 Å². The number of anilines is 1. The van der Waals surface area contributed by atoms with Gasteiger partial charge in [-0.2, -0.15) is 0 Å². The zero-order chi connectivity index (χ0) is 18.1. The molecule has 0 radical (unpaired) electrons. The van der Waals surface area contributed by atoms with Crippen LogP contribution in [0.2, 0.25) is 0 Å². The van der Waals surface area contributed by atoms with E-state index in [1.54, 1.807) is 72.8 Å². The summed E-state index contributed by atoms with van der Waals surface area (Å²) in [4.78, 5) is 25.5. The molecular weight excluding hydrogens is 369 g/mol. The Morgan fingerprint density at radius 3 is 2.00 bits per heavy atom. The largest absolute Gasteiger partial charge is 1.00 e. The van der Waals surface area contributed by atoms with Crippen molar-refractivity contribution in [3.63, 3.8) is 0 Å². The number of nitrogens with zero attached hydrogens (tertiary/aromatic N) is 3. The minimum atomic E-state index is -0.304. The minimum absolute atomic E-state index is 0. The summed E-state index contributed by atoms with van der Waals surface area (Å²) >= 11 is 0. The molecule has 0 bridgehead atoms. The predicted octanol–water partition coefficient (Wildman–Crippen LogP) is 1.47. The van der Waals surface area contributed by atoms with Gasteiger partial charge in [-0.25, -0.2) is 0 Å². The molecule has 1 aliphatic carbocycles. The van der Waals surface area contributed by atoms with Crippen LogP contribution in [0.15, 0.2) is 83.1 Å². The van der Waals surface area contributed by atoms with E-state index in [0.29, 0.717) is 22.0 Å². The monoisotopic (exact) mass is 381 g/mol. The van der Waals surface area contributed by atoms with E-state index in [1.165, 1.54) is 0 Å². The van der Waals surface area contributed by atoms with Crippen LogP contribution in [0.5, 0.6) is 0 Å². The minimum Gasteiger partial charge on any atom is -0.736 e. The molecule has 6 nitrogen and oxygen atoms in total. The van der Waals surface area contributed by atoms with Crippen molar-refractivity contribution in [2.45, 2.75) is 0 Å². The maximum atomic E-state index is 12.8. The van der Waals surface area contributed by atoms with Gasteiger partial charge in [0.2, 0.25) is 0 Å². The zero-order valence-corrected chi connectivity index (χ0v) is 17.6. The number of rotatable bonds is 3. The van der Waals surface area contributed by atoms with Crippen molar-refractivity contribution in [3.05, 3.63) is 100 Å². The molecule has 0 spiro atoms. The Labute approximate surface area is 197 Å². The van der Waals surface area contributed by atoms with Crippen LogP contribution in [-0.4, -0.2) is 11.6 Å². The van der Waals surface area contributed by atoms with Crippen LogP contribution < -0.4 is 56.6 Å².